The molecule has 0 spiro atoms. The van der Waals surface area contributed by atoms with Crippen molar-refractivity contribution in [3.05, 3.63) is 70.9 Å². The maximum absolute atomic E-state index is 13.9. The topological polar surface area (TPSA) is 87.8 Å². The summed E-state index contributed by atoms with van der Waals surface area (Å²) >= 11 is 1.09. The number of fused-ring (bicyclic) bond motifs is 6. The van der Waals surface area contributed by atoms with Crippen LogP contribution >= 0.6 is 11.8 Å². The number of benzene rings is 3. The molecule has 0 aliphatic rings. The van der Waals surface area contributed by atoms with Crippen LogP contribution in [-0.2, 0) is 4.79 Å². The number of rotatable bonds is 3. The fourth-order valence-electron chi connectivity index (χ4n) is 3.55. The van der Waals surface area contributed by atoms with Crippen molar-refractivity contribution in [1.82, 2.24) is 15.0 Å². The Balaban J connectivity index is 1.60. The van der Waals surface area contributed by atoms with Gasteiger partial charge in [-0.25, -0.2) is 14.2 Å². The van der Waals surface area contributed by atoms with Gasteiger partial charge in [-0.15, -0.1) is 0 Å². The van der Waals surface area contributed by atoms with Crippen LogP contribution in [0.5, 0.6) is 5.75 Å². The van der Waals surface area contributed by atoms with Gasteiger partial charge in [0.25, 0.3) is 5.56 Å². The molecule has 33 heavy (non-hydrogen) atoms. The lowest BCUT2D eigenvalue weighted by atomic mass is 10.0. The van der Waals surface area contributed by atoms with Gasteiger partial charge in [0.15, 0.2) is 5.16 Å². The van der Waals surface area contributed by atoms with Crippen LogP contribution in [0.3, 0.4) is 0 Å². The van der Waals surface area contributed by atoms with E-state index >= 15 is 0 Å². The molecular weight excluding hydrogens is 462 g/mol. The van der Waals surface area contributed by atoms with E-state index in [1.165, 1.54) is 36.5 Å². The fraction of sp³-hybridized carbons (Fsp3) is 0.0455. The first kappa shape index (κ1) is 21.0. The lowest BCUT2D eigenvalue weighted by Crippen LogP contribution is -2.27. The summed E-state index contributed by atoms with van der Waals surface area (Å²) in [5, 5.41) is 2.19. The third-order valence-corrected chi connectivity index (χ3v) is 5.76. The van der Waals surface area contributed by atoms with E-state index in [-0.39, 0.29) is 11.3 Å². The number of H-pyrrole nitrogens is 2. The molecule has 0 radical (unpaired) electrons. The zero-order valence-electron chi connectivity index (χ0n) is 16.3. The Kier molecular flexibility index (Phi) is 4.85. The van der Waals surface area contributed by atoms with Crippen LogP contribution in [-0.4, -0.2) is 27.1 Å². The first-order chi connectivity index (χ1) is 15.7. The van der Waals surface area contributed by atoms with E-state index in [0.717, 1.165) is 11.8 Å². The zero-order chi connectivity index (χ0) is 23.3. The average molecular weight is 473 g/mol. The van der Waals surface area contributed by atoms with Crippen molar-refractivity contribution in [2.45, 2.75) is 16.2 Å². The van der Waals surface area contributed by atoms with Crippen molar-refractivity contribution in [1.29, 1.82) is 0 Å². The number of carbonyl (C=O) groups excluding carboxylic acids is 1. The largest absolute Gasteiger partial charge is 0.491 e. The molecule has 11 heteroatoms. The van der Waals surface area contributed by atoms with Gasteiger partial charge in [0, 0.05) is 27.3 Å². The Labute approximate surface area is 185 Å². The van der Waals surface area contributed by atoms with Gasteiger partial charge < -0.3 is 14.7 Å². The van der Waals surface area contributed by atoms with Crippen LogP contribution in [0.2, 0.25) is 0 Å². The quantitative estimate of drug-likeness (QED) is 0.160. The number of nitrogens with one attached hydrogen (secondary N) is 2. The predicted octanol–water partition coefficient (Wildman–Crippen LogP) is 5.32. The van der Waals surface area contributed by atoms with E-state index in [4.69, 9.17) is 0 Å². The molecule has 0 amide bonds. The first-order valence-electron chi connectivity index (χ1n) is 9.40. The van der Waals surface area contributed by atoms with Gasteiger partial charge in [-0.3, -0.25) is 4.79 Å². The molecule has 0 unspecified atom stereocenters. The van der Waals surface area contributed by atoms with Crippen LogP contribution in [0.15, 0.2) is 69.6 Å². The molecule has 0 aliphatic heterocycles. The summed E-state index contributed by atoms with van der Waals surface area (Å²) in [6.45, 7) is 0. The summed E-state index contributed by atoms with van der Waals surface area (Å²) in [5.74, 6) is -3.08. The Hall–Kier alpha value is -3.86. The van der Waals surface area contributed by atoms with Gasteiger partial charge in [-0.2, -0.15) is 13.2 Å². The number of aromatic nitrogens is 3. The third kappa shape index (κ3) is 3.80. The van der Waals surface area contributed by atoms with E-state index < -0.39 is 18.0 Å². The van der Waals surface area contributed by atoms with Gasteiger partial charge in [-0.05, 0) is 42.5 Å². The zero-order valence-corrected chi connectivity index (χ0v) is 17.1. The second-order valence-corrected chi connectivity index (χ2v) is 8.08. The van der Waals surface area contributed by atoms with E-state index in [1.54, 1.807) is 18.2 Å². The Morgan fingerprint density at radius 2 is 1.85 bits per heavy atom. The Morgan fingerprint density at radius 1 is 1.03 bits per heavy atom. The second kappa shape index (κ2) is 7.62. The van der Waals surface area contributed by atoms with Crippen molar-refractivity contribution in [2.24, 2.45) is 0 Å². The molecule has 6 nitrogen and oxygen atoms in total. The summed E-state index contributed by atoms with van der Waals surface area (Å²) in [7, 11) is 0. The average Bonchev–Trinajstić information content (AvgIpc) is 3.17. The maximum atomic E-state index is 13.9. The molecule has 0 saturated carbocycles. The fourth-order valence-corrected chi connectivity index (χ4v) is 4.39. The molecule has 2 N–H and O–H groups in total. The van der Waals surface area contributed by atoms with Gasteiger partial charge in [0.2, 0.25) is 0 Å². The molecule has 0 saturated heterocycles. The highest BCUT2D eigenvalue weighted by Crippen LogP contribution is 2.36. The monoisotopic (exact) mass is 473 g/mol. The van der Waals surface area contributed by atoms with E-state index in [9.17, 15) is 27.2 Å². The highest BCUT2D eigenvalue weighted by molar-refractivity contribution is 7.99. The number of imidazole rings is 1. The normalized spacial score (nSPS) is 12.0. The van der Waals surface area contributed by atoms with E-state index in [1.807, 2.05) is 0 Å². The number of carbonyl (C=O) groups is 1. The van der Waals surface area contributed by atoms with E-state index in [0.29, 0.717) is 42.6 Å². The van der Waals surface area contributed by atoms with Crippen LogP contribution in [0.1, 0.15) is 0 Å². The van der Waals surface area contributed by atoms with Crippen molar-refractivity contribution in [3.63, 3.8) is 0 Å². The van der Waals surface area contributed by atoms with Gasteiger partial charge in [-0.1, -0.05) is 17.8 Å². The lowest BCUT2D eigenvalue weighted by Gasteiger charge is -2.07. The minimum Gasteiger partial charge on any atom is -0.420 e. The summed E-state index contributed by atoms with van der Waals surface area (Å²) in [5.41, 5.74) is 0.670. The molecule has 166 valence electrons. The van der Waals surface area contributed by atoms with Crippen LogP contribution < -0.4 is 10.3 Å². The lowest BCUT2D eigenvalue weighted by molar-refractivity contribution is -0.189. The molecule has 3 aromatic carbocycles. The Morgan fingerprint density at radius 3 is 2.64 bits per heavy atom. The number of esters is 1. The molecule has 5 aromatic rings. The number of halogens is 4. The van der Waals surface area contributed by atoms with Crippen LogP contribution in [0.25, 0.3) is 32.6 Å². The molecule has 0 aliphatic carbocycles. The summed E-state index contributed by atoms with van der Waals surface area (Å²) in [4.78, 5) is 34.3. The van der Waals surface area contributed by atoms with E-state index in [2.05, 4.69) is 19.7 Å². The number of aromatic amines is 2. The Bertz CT molecular complexity index is 1630. The summed E-state index contributed by atoms with van der Waals surface area (Å²) < 4.78 is 55.7. The molecule has 0 bridgehead atoms. The minimum atomic E-state index is -5.11. The van der Waals surface area contributed by atoms with Crippen molar-refractivity contribution < 1.29 is 27.1 Å². The van der Waals surface area contributed by atoms with Crippen molar-refractivity contribution in [3.8, 4) is 5.75 Å². The summed E-state index contributed by atoms with van der Waals surface area (Å²) in [6, 6.07) is 11.3. The molecule has 0 fully saturated rings. The van der Waals surface area contributed by atoms with Crippen molar-refractivity contribution >= 4 is 50.3 Å². The number of pyridine rings is 1. The molecule has 0 atom stereocenters. The number of ether oxygens (including phenoxy) is 1. The van der Waals surface area contributed by atoms with Crippen LogP contribution in [0, 0.1) is 5.82 Å². The first-order valence-corrected chi connectivity index (χ1v) is 10.2. The highest BCUT2D eigenvalue weighted by Gasteiger charge is 2.41. The SMILES string of the molecule is O=C(Oc1cccc(Sc2nc3c4cc[nH]c(=O)c4c4cc(F)ccc4c3[nH]2)c1)C(F)(F)F. The minimum absolute atomic E-state index is 0.267. The van der Waals surface area contributed by atoms with Crippen molar-refractivity contribution in [2.75, 3.05) is 0 Å². The molecule has 2 aromatic heterocycles. The third-order valence-electron chi connectivity index (χ3n) is 4.88. The number of hydrogen-bond acceptors (Lipinski definition) is 5. The predicted molar refractivity (Wildman–Crippen MR) is 114 cm³/mol. The van der Waals surface area contributed by atoms with Crippen LogP contribution in [0.4, 0.5) is 17.6 Å². The van der Waals surface area contributed by atoms with Gasteiger partial charge in [0.05, 0.1) is 16.4 Å². The summed E-state index contributed by atoms with van der Waals surface area (Å²) in [6.07, 6.45) is -3.64. The number of hydrogen-bond donors (Lipinski definition) is 2. The second-order valence-electron chi connectivity index (χ2n) is 7.02. The number of alkyl halides is 3. The number of nitrogens with zero attached hydrogens (tertiary/aromatic N) is 1. The maximum Gasteiger partial charge on any atom is 0.491 e. The van der Waals surface area contributed by atoms with Gasteiger partial charge >= 0.3 is 12.1 Å². The molecule has 5 rings (SSSR count). The standard InChI is InChI=1S/C22H11F4N3O3S/c23-10-4-5-13-15(8-10)16-14(6-7-27-19(16)30)18-17(13)28-21(29-18)33-12-3-1-2-11(9-12)32-20(31)22(24,25)26/h1-9H,(H,27,30)(H,28,29). The molecule has 2 heterocycles. The smallest absolute Gasteiger partial charge is 0.420 e. The molecular formula is C22H11F4N3O3S. The highest BCUT2D eigenvalue weighted by atomic mass is 32.2. The van der Waals surface area contributed by atoms with Gasteiger partial charge in [0.1, 0.15) is 11.6 Å².